The van der Waals surface area contributed by atoms with Crippen LogP contribution in [0.5, 0.6) is 0 Å². The van der Waals surface area contributed by atoms with Crippen LogP contribution in [-0.4, -0.2) is 21.8 Å². The molecule has 3 aromatic heterocycles. The van der Waals surface area contributed by atoms with E-state index in [1.165, 1.54) is 91.9 Å². The summed E-state index contributed by atoms with van der Waals surface area (Å²) in [4.78, 5) is 0. The van der Waals surface area contributed by atoms with E-state index in [4.69, 9.17) is 0 Å². The van der Waals surface area contributed by atoms with Crippen LogP contribution in [0.1, 0.15) is 13.3 Å². The Kier molecular flexibility index (Phi) is 8.59. The molecule has 0 N–H and O–H groups in total. The van der Waals surface area contributed by atoms with Crippen LogP contribution in [0.4, 0.5) is 0 Å². The van der Waals surface area contributed by atoms with Crippen molar-refractivity contribution in [3.05, 3.63) is 237 Å². The quantitative estimate of drug-likeness (QED) is 0.112. The molecule has 0 radical (unpaired) electrons. The molecule has 13 rings (SSSR count). The largest absolute Gasteiger partial charge is 0.310 e. The average Bonchev–Trinajstić information content (AvgIpc) is 4.01. The zero-order chi connectivity index (χ0) is 43.1. The van der Waals surface area contributed by atoms with Gasteiger partial charge in [0.15, 0.2) is 8.07 Å². The number of hydrogen-bond acceptors (Lipinski definition) is 0. The molecule has 65 heavy (non-hydrogen) atoms. The van der Waals surface area contributed by atoms with Crippen LogP contribution in [0.15, 0.2) is 237 Å². The monoisotopic (exact) mass is 847 g/mol. The van der Waals surface area contributed by atoms with E-state index in [1.807, 2.05) is 0 Å². The third-order valence-electron chi connectivity index (χ3n) is 14.1. The highest BCUT2D eigenvalue weighted by molar-refractivity contribution is 7.19. The van der Waals surface area contributed by atoms with Crippen LogP contribution in [0, 0.1) is 5.92 Å². The van der Waals surface area contributed by atoms with Gasteiger partial charge in [-0.2, -0.15) is 0 Å². The van der Waals surface area contributed by atoms with Crippen molar-refractivity contribution < 1.29 is 0 Å². The molecule has 0 bridgehead atoms. The van der Waals surface area contributed by atoms with Gasteiger partial charge in [0.05, 0.1) is 33.1 Å². The summed E-state index contributed by atoms with van der Waals surface area (Å²) in [6.45, 7) is 2.31. The topological polar surface area (TPSA) is 14.8 Å². The summed E-state index contributed by atoms with van der Waals surface area (Å²) in [5, 5.41) is 13.1. The summed E-state index contributed by atoms with van der Waals surface area (Å²) in [5.74, 6) is 0.496. The fourth-order valence-electron chi connectivity index (χ4n) is 11.3. The Hall–Kier alpha value is -7.92. The zero-order valence-corrected chi connectivity index (χ0v) is 37.1. The number of rotatable bonds is 7. The lowest BCUT2D eigenvalue weighted by Gasteiger charge is -2.34. The summed E-state index contributed by atoms with van der Waals surface area (Å²) in [6.07, 6.45) is 8.13. The van der Waals surface area contributed by atoms with E-state index >= 15 is 0 Å². The molecule has 1 aliphatic rings. The lowest BCUT2D eigenvalue weighted by Crippen LogP contribution is -2.74. The van der Waals surface area contributed by atoms with Crippen molar-refractivity contribution in [1.82, 2.24) is 13.7 Å². The van der Waals surface area contributed by atoms with E-state index in [2.05, 4.69) is 257 Å². The molecule has 0 saturated heterocycles. The average molecular weight is 848 g/mol. The van der Waals surface area contributed by atoms with Crippen molar-refractivity contribution in [2.24, 2.45) is 5.92 Å². The minimum absolute atomic E-state index is 0.496. The zero-order valence-electron chi connectivity index (χ0n) is 36.1. The highest BCUT2D eigenvalue weighted by atomic mass is 28.3. The molecule has 0 aliphatic heterocycles. The smallest absolute Gasteiger partial charge is 0.179 e. The van der Waals surface area contributed by atoms with Gasteiger partial charge in [0.25, 0.3) is 0 Å². The first kappa shape index (κ1) is 37.6. The Morgan fingerprint density at radius 3 is 1.20 bits per heavy atom. The van der Waals surface area contributed by atoms with E-state index in [1.54, 1.807) is 0 Å². The molecule has 0 fully saturated rings. The van der Waals surface area contributed by atoms with E-state index in [0.717, 1.165) is 17.8 Å². The molecule has 1 aliphatic carbocycles. The predicted molar refractivity (Wildman–Crippen MR) is 279 cm³/mol. The second kappa shape index (κ2) is 14.8. The minimum atomic E-state index is -2.85. The van der Waals surface area contributed by atoms with Gasteiger partial charge >= 0.3 is 0 Å². The highest BCUT2D eigenvalue weighted by Crippen LogP contribution is 2.43. The fourth-order valence-corrected chi connectivity index (χ4v) is 16.1. The van der Waals surface area contributed by atoms with Gasteiger partial charge in [0.1, 0.15) is 0 Å². The van der Waals surface area contributed by atoms with E-state index < -0.39 is 8.07 Å². The fraction of sp³-hybridized carbons (Fsp3) is 0.0492. The van der Waals surface area contributed by atoms with Crippen LogP contribution in [0.2, 0.25) is 0 Å². The van der Waals surface area contributed by atoms with E-state index in [9.17, 15) is 0 Å². The second-order valence-corrected chi connectivity index (χ2v) is 21.5. The first-order chi connectivity index (χ1) is 32.2. The van der Waals surface area contributed by atoms with Gasteiger partial charge < -0.3 is 13.7 Å². The van der Waals surface area contributed by atoms with Gasteiger partial charge in [-0.3, -0.25) is 0 Å². The Morgan fingerprint density at radius 2 is 0.723 bits per heavy atom. The van der Waals surface area contributed by atoms with Crippen LogP contribution in [-0.2, 0) is 0 Å². The van der Waals surface area contributed by atoms with Crippen LogP contribution >= 0.6 is 0 Å². The molecule has 1 atom stereocenters. The van der Waals surface area contributed by atoms with Crippen LogP contribution < -0.4 is 20.7 Å². The number of aromatic nitrogens is 3. The molecule has 12 aromatic rings. The Bertz CT molecular complexity index is 3760. The molecule has 308 valence electrons. The van der Waals surface area contributed by atoms with Crippen molar-refractivity contribution in [2.75, 3.05) is 0 Å². The number of nitrogens with zero attached hydrogens (tertiary/aromatic N) is 3. The molecular formula is C61H45N3Si. The van der Waals surface area contributed by atoms with Crippen molar-refractivity contribution in [3.63, 3.8) is 0 Å². The lowest BCUT2D eigenvalue weighted by molar-refractivity contribution is 0.735. The lowest BCUT2D eigenvalue weighted by atomic mass is 10.0. The third-order valence-corrected chi connectivity index (χ3v) is 18.9. The molecule has 3 nitrogen and oxygen atoms in total. The first-order valence-corrected chi connectivity index (χ1v) is 24.8. The number of hydrogen-bond donors (Lipinski definition) is 0. The normalized spacial score (nSPS) is 14.4. The van der Waals surface area contributed by atoms with Crippen LogP contribution in [0.3, 0.4) is 0 Å². The number of allylic oxidation sites excluding steroid dienone is 4. The van der Waals surface area contributed by atoms with Crippen molar-refractivity contribution in [3.8, 4) is 11.4 Å². The minimum Gasteiger partial charge on any atom is -0.310 e. The highest BCUT2D eigenvalue weighted by Gasteiger charge is 2.41. The summed E-state index contributed by atoms with van der Waals surface area (Å²) in [5.41, 5.74) is 10.9. The van der Waals surface area contributed by atoms with E-state index in [-0.39, 0.29) is 0 Å². The Labute approximate surface area is 379 Å². The maximum atomic E-state index is 2.48. The molecule has 0 saturated carbocycles. The summed E-state index contributed by atoms with van der Waals surface area (Å²) in [7, 11) is -2.85. The van der Waals surface area contributed by atoms with Crippen molar-refractivity contribution in [1.29, 1.82) is 0 Å². The van der Waals surface area contributed by atoms with Gasteiger partial charge in [0, 0.05) is 49.4 Å². The predicted octanol–water partition coefficient (Wildman–Crippen LogP) is 12.8. The molecule has 9 aromatic carbocycles. The molecule has 1 unspecified atom stereocenters. The van der Waals surface area contributed by atoms with Crippen molar-refractivity contribution in [2.45, 2.75) is 13.3 Å². The van der Waals surface area contributed by atoms with E-state index in [0.29, 0.717) is 5.92 Å². The molecular weight excluding hydrogens is 803 g/mol. The second-order valence-electron chi connectivity index (χ2n) is 17.7. The van der Waals surface area contributed by atoms with Gasteiger partial charge in [-0.05, 0) is 99.8 Å². The molecule has 3 heterocycles. The summed E-state index contributed by atoms with van der Waals surface area (Å²) < 4.78 is 7.38. The number of para-hydroxylation sites is 4. The van der Waals surface area contributed by atoms with Gasteiger partial charge in [-0.25, -0.2) is 0 Å². The summed E-state index contributed by atoms with van der Waals surface area (Å²) >= 11 is 0. The van der Waals surface area contributed by atoms with Gasteiger partial charge in [-0.15, -0.1) is 0 Å². The Balaban J connectivity index is 1.01. The van der Waals surface area contributed by atoms with Gasteiger partial charge in [0.2, 0.25) is 0 Å². The molecule has 0 amide bonds. The van der Waals surface area contributed by atoms with Crippen molar-refractivity contribution >= 4 is 99.9 Å². The third kappa shape index (κ3) is 5.60. The Morgan fingerprint density at radius 1 is 0.354 bits per heavy atom. The molecule has 4 heteroatoms. The SMILES string of the molecule is CC1C=C(n2c3ccccc3c3c4c5ccccc5n(-c5ccc([Si](c6ccccc6)(c6ccccc6)c6ccc(-n7c8ccccc8c8ccccc87)cc6)cc5)c4ccc32)C=CC1. The molecule has 0 spiro atoms. The van der Waals surface area contributed by atoms with Crippen LogP contribution in [0.25, 0.3) is 82.5 Å². The standard InChI is InChI=1S/C61H45N3Si/c1-42-17-16-18-45(41-42)64-57-30-15-11-26-53(57)61-59(64)40-39-58-60(61)52-25-10-14-29-56(52)63(58)44-33-37-49(38-34-44)65(46-19-4-2-5-20-46,47-21-6-3-7-22-47)48-35-31-43(32-36-48)62-54-27-12-8-23-50(54)51-24-9-13-28-55(51)62/h2-16,18-42H,17H2,1H3. The summed E-state index contributed by atoms with van der Waals surface area (Å²) in [6, 6.07) is 81.7. The number of fused-ring (bicyclic) bond motifs is 10. The maximum Gasteiger partial charge on any atom is 0.179 e. The maximum absolute atomic E-state index is 2.85. The van der Waals surface area contributed by atoms with Gasteiger partial charge in [-0.1, -0.05) is 177 Å². The first-order valence-electron chi connectivity index (χ1n) is 22.8. The number of benzene rings is 9.